The Balaban J connectivity index is 2.15. The largest absolute Gasteiger partial charge is 0.493 e. The van der Waals surface area contributed by atoms with Gasteiger partial charge in [-0.3, -0.25) is 0 Å². The Bertz CT molecular complexity index is 692. The zero-order chi connectivity index (χ0) is 13.4. The van der Waals surface area contributed by atoms with Crippen molar-refractivity contribution in [2.75, 3.05) is 14.2 Å². The van der Waals surface area contributed by atoms with Crippen LogP contribution in [0.3, 0.4) is 0 Å². The van der Waals surface area contributed by atoms with Gasteiger partial charge in [0.15, 0.2) is 28.3 Å². The number of furan rings is 1. The van der Waals surface area contributed by atoms with E-state index in [2.05, 4.69) is 9.97 Å². The molecule has 2 aromatic heterocycles. The zero-order valence-electron chi connectivity index (χ0n) is 10.4. The first-order chi connectivity index (χ1) is 9.21. The molecular weight excluding hydrogens is 268 g/mol. The predicted molar refractivity (Wildman–Crippen MR) is 71.9 cm³/mol. The number of hydrogen-bond acceptors (Lipinski definition) is 4. The number of aromatic amines is 1. The molecule has 0 saturated heterocycles. The molecule has 1 N–H and O–H groups in total. The van der Waals surface area contributed by atoms with Crippen molar-refractivity contribution >= 4 is 22.6 Å². The molecule has 0 atom stereocenters. The summed E-state index contributed by atoms with van der Waals surface area (Å²) < 4.78 is 15.8. The van der Waals surface area contributed by atoms with Crippen molar-refractivity contribution in [1.82, 2.24) is 9.97 Å². The molecule has 0 spiro atoms. The fourth-order valence-corrected chi connectivity index (χ4v) is 2.04. The van der Waals surface area contributed by atoms with E-state index in [1.807, 2.05) is 6.07 Å². The van der Waals surface area contributed by atoms with Crippen LogP contribution in [0.15, 0.2) is 28.7 Å². The van der Waals surface area contributed by atoms with Crippen LogP contribution in [-0.2, 0) is 0 Å². The summed E-state index contributed by atoms with van der Waals surface area (Å²) in [6.45, 7) is 0. The number of imidazole rings is 1. The van der Waals surface area contributed by atoms with Crippen molar-refractivity contribution < 1.29 is 13.9 Å². The van der Waals surface area contributed by atoms with Crippen molar-refractivity contribution in [3.8, 4) is 23.1 Å². The van der Waals surface area contributed by atoms with Gasteiger partial charge in [-0.05, 0) is 23.7 Å². The van der Waals surface area contributed by atoms with Crippen LogP contribution in [0.2, 0.25) is 5.22 Å². The maximum atomic E-state index is 5.76. The summed E-state index contributed by atoms with van der Waals surface area (Å²) in [4.78, 5) is 7.59. The lowest BCUT2D eigenvalue weighted by Crippen LogP contribution is -1.89. The van der Waals surface area contributed by atoms with Crippen molar-refractivity contribution in [3.05, 3.63) is 29.5 Å². The lowest BCUT2D eigenvalue weighted by atomic mass is 10.3. The number of benzene rings is 1. The van der Waals surface area contributed by atoms with Crippen LogP contribution in [0.4, 0.5) is 0 Å². The third-order valence-electron chi connectivity index (χ3n) is 2.79. The molecule has 0 aliphatic carbocycles. The monoisotopic (exact) mass is 278 g/mol. The van der Waals surface area contributed by atoms with Gasteiger partial charge in [-0.1, -0.05) is 0 Å². The molecule has 0 fully saturated rings. The Hall–Kier alpha value is -2.14. The second-order valence-corrected chi connectivity index (χ2v) is 4.29. The lowest BCUT2D eigenvalue weighted by Gasteiger charge is -2.06. The molecule has 0 saturated carbocycles. The highest BCUT2D eigenvalue weighted by Gasteiger charge is 2.12. The molecule has 98 valence electrons. The number of methoxy groups -OCH3 is 2. The molecule has 0 radical (unpaired) electrons. The smallest absolute Gasteiger partial charge is 0.194 e. The van der Waals surface area contributed by atoms with Crippen molar-refractivity contribution in [3.63, 3.8) is 0 Å². The topological polar surface area (TPSA) is 60.3 Å². The highest BCUT2D eigenvalue weighted by molar-refractivity contribution is 6.28. The van der Waals surface area contributed by atoms with E-state index in [0.29, 0.717) is 28.3 Å². The summed E-state index contributed by atoms with van der Waals surface area (Å²) in [7, 11) is 3.18. The van der Waals surface area contributed by atoms with Gasteiger partial charge in [-0.15, -0.1) is 0 Å². The SMILES string of the molecule is COc1cc2nc(-c3ccc(Cl)o3)[nH]c2cc1OC. The van der Waals surface area contributed by atoms with Gasteiger partial charge < -0.3 is 18.9 Å². The molecule has 3 rings (SSSR count). The number of ether oxygens (including phenoxy) is 2. The number of hydrogen-bond donors (Lipinski definition) is 1. The fraction of sp³-hybridized carbons (Fsp3) is 0.154. The maximum absolute atomic E-state index is 5.76. The Kier molecular flexibility index (Phi) is 2.83. The lowest BCUT2D eigenvalue weighted by molar-refractivity contribution is 0.356. The van der Waals surface area contributed by atoms with Gasteiger partial charge in [0.1, 0.15) is 0 Å². The second-order valence-electron chi connectivity index (χ2n) is 3.91. The maximum Gasteiger partial charge on any atom is 0.194 e. The van der Waals surface area contributed by atoms with Crippen molar-refractivity contribution in [1.29, 1.82) is 0 Å². The molecule has 0 aliphatic heterocycles. The first-order valence-corrected chi connectivity index (χ1v) is 5.96. The summed E-state index contributed by atoms with van der Waals surface area (Å²) in [6, 6.07) is 7.06. The third kappa shape index (κ3) is 2.02. The summed E-state index contributed by atoms with van der Waals surface area (Å²) >= 11 is 5.76. The molecule has 1 aromatic carbocycles. The second kappa shape index (κ2) is 4.51. The molecule has 3 aromatic rings. The van der Waals surface area contributed by atoms with Gasteiger partial charge in [0.05, 0.1) is 25.3 Å². The molecule has 0 bridgehead atoms. The standard InChI is InChI=1S/C13H11ClN2O3/c1-17-10-5-7-8(6-11(10)18-2)16-13(15-7)9-3-4-12(14)19-9/h3-6H,1-2H3,(H,15,16). The van der Waals surface area contributed by atoms with E-state index in [1.165, 1.54) is 0 Å². The summed E-state index contributed by atoms with van der Waals surface area (Å²) in [5.41, 5.74) is 1.60. The molecule has 0 amide bonds. The third-order valence-corrected chi connectivity index (χ3v) is 3.00. The Morgan fingerprint density at radius 2 is 1.89 bits per heavy atom. The quantitative estimate of drug-likeness (QED) is 0.796. The van der Waals surface area contributed by atoms with Crippen LogP contribution in [-0.4, -0.2) is 24.2 Å². The minimum Gasteiger partial charge on any atom is -0.493 e. The van der Waals surface area contributed by atoms with E-state index in [0.717, 1.165) is 11.0 Å². The van der Waals surface area contributed by atoms with Crippen LogP contribution in [0.1, 0.15) is 0 Å². The molecule has 5 nitrogen and oxygen atoms in total. The van der Waals surface area contributed by atoms with E-state index in [-0.39, 0.29) is 0 Å². The number of aromatic nitrogens is 2. The first-order valence-electron chi connectivity index (χ1n) is 5.58. The van der Waals surface area contributed by atoms with Crippen LogP contribution in [0, 0.1) is 0 Å². The zero-order valence-corrected chi connectivity index (χ0v) is 11.1. The molecule has 2 heterocycles. The van der Waals surface area contributed by atoms with E-state index in [9.17, 15) is 0 Å². The first kappa shape index (κ1) is 11.9. The normalized spacial score (nSPS) is 10.9. The van der Waals surface area contributed by atoms with Gasteiger partial charge in [0, 0.05) is 12.1 Å². The van der Waals surface area contributed by atoms with Crippen LogP contribution in [0.5, 0.6) is 11.5 Å². The summed E-state index contributed by atoms with van der Waals surface area (Å²) in [5.74, 6) is 2.46. The van der Waals surface area contributed by atoms with Gasteiger partial charge in [0.2, 0.25) is 0 Å². The molecule has 0 unspecified atom stereocenters. The molecule has 0 aliphatic rings. The Morgan fingerprint density at radius 1 is 1.16 bits per heavy atom. The van der Waals surface area contributed by atoms with E-state index in [1.54, 1.807) is 32.4 Å². The number of fused-ring (bicyclic) bond motifs is 1. The molecule has 19 heavy (non-hydrogen) atoms. The minimum absolute atomic E-state index is 0.325. The number of rotatable bonds is 3. The number of nitrogens with zero attached hydrogens (tertiary/aromatic N) is 1. The number of H-pyrrole nitrogens is 1. The Labute approximate surface area is 114 Å². The average Bonchev–Trinajstić information content (AvgIpc) is 3.02. The highest BCUT2D eigenvalue weighted by Crippen LogP contribution is 2.33. The van der Waals surface area contributed by atoms with Gasteiger partial charge in [0.25, 0.3) is 0 Å². The van der Waals surface area contributed by atoms with E-state index >= 15 is 0 Å². The van der Waals surface area contributed by atoms with Gasteiger partial charge in [-0.2, -0.15) is 0 Å². The average molecular weight is 279 g/mol. The predicted octanol–water partition coefficient (Wildman–Crippen LogP) is 3.49. The number of halogens is 1. The molecular formula is C13H11ClN2O3. The van der Waals surface area contributed by atoms with Gasteiger partial charge >= 0.3 is 0 Å². The summed E-state index contributed by atoms with van der Waals surface area (Å²) in [6.07, 6.45) is 0. The van der Waals surface area contributed by atoms with Gasteiger partial charge in [-0.25, -0.2) is 4.98 Å². The summed E-state index contributed by atoms with van der Waals surface area (Å²) in [5, 5.41) is 0.325. The van der Waals surface area contributed by atoms with Crippen LogP contribution in [0.25, 0.3) is 22.6 Å². The van der Waals surface area contributed by atoms with Crippen LogP contribution >= 0.6 is 11.6 Å². The number of nitrogens with one attached hydrogen (secondary N) is 1. The fourth-order valence-electron chi connectivity index (χ4n) is 1.90. The van der Waals surface area contributed by atoms with Crippen molar-refractivity contribution in [2.24, 2.45) is 0 Å². The Morgan fingerprint density at radius 3 is 2.53 bits per heavy atom. The van der Waals surface area contributed by atoms with Crippen LogP contribution < -0.4 is 9.47 Å². The highest BCUT2D eigenvalue weighted by atomic mass is 35.5. The van der Waals surface area contributed by atoms with E-state index < -0.39 is 0 Å². The van der Waals surface area contributed by atoms with Crippen molar-refractivity contribution in [2.45, 2.75) is 0 Å². The minimum atomic E-state index is 0.325. The van der Waals surface area contributed by atoms with E-state index in [4.69, 9.17) is 25.5 Å². The molecule has 6 heteroatoms.